The first-order valence-electron chi connectivity index (χ1n) is 15.4. The summed E-state index contributed by atoms with van der Waals surface area (Å²) in [7, 11) is 0. The van der Waals surface area contributed by atoms with Crippen molar-refractivity contribution in [2.75, 3.05) is 0 Å². The van der Waals surface area contributed by atoms with Crippen LogP contribution in [-0.2, 0) is 12.6 Å². The van der Waals surface area contributed by atoms with Gasteiger partial charge in [-0.15, -0.1) is 0 Å². The van der Waals surface area contributed by atoms with Crippen molar-refractivity contribution in [3.05, 3.63) is 124 Å². The van der Waals surface area contributed by atoms with Gasteiger partial charge in [-0.05, 0) is 95.3 Å². The maximum atomic E-state index is 14.2. The molecule has 4 unspecified atom stereocenters. The van der Waals surface area contributed by atoms with Gasteiger partial charge in [-0.3, -0.25) is 4.98 Å². The van der Waals surface area contributed by atoms with Crippen LogP contribution in [0.25, 0.3) is 11.1 Å². The molecule has 45 heavy (non-hydrogen) atoms. The second-order valence-electron chi connectivity index (χ2n) is 12.8. The van der Waals surface area contributed by atoms with Gasteiger partial charge in [0.1, 0.15) is 11.6 Å². The molecule has 0 fully saturated rings. The zero-order chi connectivity index (χ0) is 32.6. The largest absolute Gasteiger partial charge is 0.416 e. The third-order valence-electron chi connectivity index (χ3n) is 8.79. The van der Waals surface area contributed by atoms with Crippen LogP contribution in [-0.4, -0.2) is 15.2 Å². The Morgan fingerprint density at radius 1 is 0.822 bits per heavy atom. The first-order valence-corrected chi connectivity index (χ1v) is 15.4. The van der Waals surface area contributed by atoms with Crippen LogP contribution in [0.5, 0.6) is 0 Å². The standard InChI is InChI=1S/C37H38F5NO2/c1-20(2)19-29(22-5-11-25(12-6-22)37(40,41)42)32-31(23-7-13-26(38)14-8-23)33-30(43-34(32)21(3)4)18-17-28(36(33)45)35(44)24-9-15-27(39)16-10-24/h5-16,20-21,28-29,35-36,44-45H,17-19H2,1-4H3. The highest BCUT2D eigenvalue weighted by atomic mass is 19.4. The van der Waals surface area contributed by atoms with Crippen LogP contribution in [0.1, 0.15) is 104 Å². The van der Waals surface area contributed by atoms with E-state index < -0.39 is 47.4 Å². The molecular weight excluding hydrogens is 585 g/mol. The van der Waals surface area contributed by atoms with Gasteiger partial charge in [0.2, 0.25) is 0 Å². The molecule has 1 aliphatic carbocycles. The molecule has 0 saturated carbocycles. The maximum absolute atomic E-state index is 14.2. The second-order valence-corrected chi connectivity index (χ2v) is 12.8. The second kappa shape index (κ2) is 13.0. The van der Waals surface area contributed by atoms with Gasteiger partial charge in [0, 0.05) is 28.8 Å². The van der Waals surface area contributed by atoms with Crippen molar-refractivity contribution in [3.63, 3.8) is 0 Å². The van der Waals surface area contributed by atoms with E-state index in [9.17, 15) is 32.2 Å². The number of alkyl halides is 3. The fraction of sp³-hybridized carbons (Fsp3) is 0.378. The normalized spacial score (nSPS) is 18.2. The molecule has 4 aromatic rings. The Kier molecular flexibility index (Phi) is 9.47. The highest BCUT2D eigenvalue weighted by Crippen LogP contribution is 2.50. The fourth-order valence-corrected chi connectivity index (χ4v) is 6.62. The molecule has 2 N–H and O–H groups in total. The van der Waals surface area contributed by atoms with Crippen LogP contribution in [0.15, 0.2) is 72.8 Å². The summed E-state index contributed by atoms with van der Waals surface area (Å²) in [6.45, 7) is 8.09. The molecular formula is C37H38F5NO2. The van der Waals surface area contributed by atoms with Crippen LogP contribution < -0.4 is 0 Å². The summed E-state index contributed by atoms with van der Waals surface area (Å²) in [4.78, 5) is 5.11. The van der Waals surface area contributed by atoms with Crippen molar-refractivity contribution in [1.82, 2.24) is 4.98 Å². The number of halogens is 5. The number of hydrogen-bond acceptors (Lipinski definition) is 3. The van der Waals surface area contributed by atoms with Gasteiger partial charge in [0.05, 0.1) is 17.8 Å². The lowest BCUT2D eigenvalue weighted by Gasteiger charge is -2.37. The maximum Gasteiger partial charge on any atom is 0.416 e. The molecule has 0 spiro atoms. The molecule has 1 aliphatic rings. The average molecular weight is 624 g/mol. The van der Waals surface area contributed by atoms with Crippen LogP contribution in [0.4, 0.5) is 22.0 Å². The summed E-state index contributed by atoms with van der Waals surface area (Å²) >= 11 is 0. The minimum Gasteiger partial charge on any atom is -0.388 e. The van der Waals surface area contributed by atoms with E-state index in [0.29, 0.717) is 52.8 Å². The SMILES string of the molecule is CC(C)CC(c1ccc(C(F)(F)F)cc1)c1c(C(C)C)nc2c(c1-c1ccc(F)cc1)C(O)C(C(O)c1ccc(F)cc1)CC2. The highest BCUT2D eigenvalue weighted by Gasteiger charge is 2.40. The summed E-state index contributed by atoms with van der Waals surface area (Å²) < 4.78 is 68.4. The lowest BCUT2D eigenvalue weighted by atomic mass is 9.71. The van der Waals surface area contributed by atoms with Crippen molar-refractivity contribution in [1.29, 1.82) is 0 Å². The molecule has 4 atom stereocenters. The van der Waals surface area contributed by atoms with Crippen LogP contribution >= 0.6 is 0 Å². The van der Waals surface area contributed by atoms with Crippen molar-refractivity contribution >= 4 is 0 Å². The van der Waals surface area contributed by atoms with Gasteiger partial charge in [-0.1, -0.05) is 64.1 Å². The lowest BCUT2D eigenvalue weighted by molar-refractivity contribution is -0.137. The molecule has 1 heterocycles. The van der Waals surface area contributed by atoms with E-state index in [1.165, 1.54) is 48.5 Å². The zero-order valence-electron chi connectivity index (χ0n) is 25.7. The first-order chi connectivity index (χ1) is 21.3. The Labute approximate surface area is 260 Å². The van der Waals surface area contributed by atoms with Crippen LogP contribution in [0.2, 0.25) is 0 Å². The quantitative estimate of drug-likeness (QED) is 0.192. The number of pyridine rings is 1. The smallest absolute Gasteiger partial charge is 0.388 e. The van der Waals surface area contributed by atoms with Gasteiger partial charge in [0.25, 0.3) is 0 Å². The van der Waals surface area contributed by atoms with Crippen molar-refractivity contribution in [2.45, 2.75) is 77.2 Å². The lowest BCUT2D eigenvalue weighted by Crippen LogP contribution is -2.29. The number of rotatable bonds is 8. The molecule has 238 valence electrons. The summed E-state index contributed by atoms with van der Waals surface area (Å²) in [5.41, 5.74) is 4.46. The Morgan fingerprint density at radius 3 is 1.91 bits per heavy atom. The summed E-state index contributed by atoms with van der Waals surface area (Å²) in [6, 6.07) is 16.7. The molecule has 0 saturated heterocycles. The van der Waals surface area contributed by atoms with Gasteiger partial charge in [0.15, 0.2) is 0 Å². The number of nitrogens with zero attached hydrogens (tertiary/aromatic N) is 1. The number of aryl methyl sites for hydroxylation is 1. The molecule has 8 heteroatoms. The molecule has 0 bridgehead atoms. The van der Waals surface area contributed by atoms with Gasteiger partial charge < -0.3 is 10.2 Å². The number of aromatic nitrogens is 1. The number of hydrogen-bond donors (Lipinski definition) is 2. The highest BCUT2D eigenvalue weighted by molar-refractivity contribution is 5.75. The third-order valence-corrected chi connectivity index (χ3v) is 8.79. The summed E-state index contributed by atoms with van der Waals surface area (Å²) in [5, 5.41) is 23.4. The Hall–Kier alpha value is -3.62. The molecule has 0 amide bonds. The molecule has 3 nitrogen and oxygen atoms in total. The summed E-state index contributed by atoms with van der Waals surface area (Å²) in [5.74, 6) is -1.83. The van der Waals surface area contributed by atoms with Crippen molar-refractivity contribution < 1.29 is 32.2 Å². The van der Waals surface area contributed by atoms with Crippen molar-refractivity contribution in [3.8, 4) is 11.1 Å². The van der Waals surface area contributed by atoms with E-state index in [1.807, 2.05) is 27.7 Å². The minimum atomic E-state index is -4.48. The van der Waals surface area contributed by atoms with E-state index in [1.54, 1.807) is 12.1 Å². The monoisotopic (exact) mass is 623 g/mol. The zero-order valence-corrected chi connectivity index (χ0v) is 25.7. The Morgan fingerprint density at radius 2 is 1.38 bits per heavy atom. The number of fused-ring (bicyclic) bond motifs is 1. The van der Waals surface area contributed by atoms with E-state index in [-0.39, 0.29) is 11.8 Å². The number of aliphatic hydroxyl groups is 2. The average Bonchev–Trinajstić information content (AvgIpc) is 2.99. The third kappa shape index (κ3) is 6.82. The van der Waals surface area contributed by atoms with Crippen LogP contribution in [0.3, 0.4) is 0 Å². The van der Waals surface area contributed by atoms with E-state index in [4.69, 9.17) is 4.98 Å². The van der Waals surface area contributed by atoms with Crippen molar-refractivity contribution in [2.24, 2.45) is 11.8 Å². The Bertz CT molecular complexity index is 1610. The van der Waals surface area contributed by atoms with Gasteiger partial charge in [-0.25, -0.2) is 8.78 Å². The van der Waals surface area contributed by atoms with Gasteiger partial charge in [-0.2, -0.15) is 13.2 Å². The molecule has 1 aromatic heterocycles. The molecule has 0 aliphatic heterocycles. The van der Waals surface area contributed by atoms with E-state index in [2.05, 4.69) is 0 Å². The van der Waals surface area contributed by atoms with E-state index in [0.717, 1.165) is 23.4 Å². The number of benzene rings is 3. The summed E-state index contributed by atoms with van der Waals surface area (Å²) in [6.07, 6.45) is -5.28. The number of aliphatic hydroxyl groups excluding tert-OH is 2. The molecule has 5 rings (SSSR count). The van der Waals surface area contributed by atoms with Crippen LogP contribution in [0, 0.1) is 23.5 Å². The van der Waals surface area contributed by atoms with Gasteiger partial charge >= 0.3 is 6.18 Å². The predicted molar refractivity (Wildman–Crippen MR) is 165 cm³/mol. The first kappa shape index (κ1) is 32.8. The predicted octanol–water partition coefficient (Wildman–Crippen LogP) is 9.68. The topological polar surface area (TPSA) is 53.4 Å². The van der Waals surface area contributed by atoms with E-state index >= 15 is 0 Å². The fourth-order valence-electron chi connectivity index (χ4n) is 6.62. The minimum absolute atomic E-state index is 0.0757. The Balaban J connectivity index is 1.77. The molecule has 3 aromatic carbocycles. The molecule has 0 radical (unpaired) electrons.